The molecule has 1 heterocycles. The Hall–Kier alpha value is -2.41. The number of amides is 1. The van der Waals surface area contributed by atoms with Crippen molar-refractivity contribution in [3.8, 4) is 12.3 Å². The van der Waals surface area contributed by atoms with Gasteiger partial charge in [0, 0.05) is 12.2 Å². The van der Waals surface area contributed by atoms with E-state index in [0.717, 1.165) is 0 Å². The van der Waals surface area contributed by atoms with E-state index in [4.69, 9.17) is 16.3 Å². The lowest BCUT2D eigenvalue weighted by Crippen LogP contribution is -2.50. The molecule has 1 fully saturated rings. The van der Waals surface area contributed by atoms with Crippen LogP contribution in [-0.4, -0.2) is 50.7 Å². The van der Waals surface area contributed by atoms with E-state index in [9.17, 15) is 18.0 Å². The summed E-state index contributed by atoms with van der Waals surface area (Å²) in [5.74, 6) is 0.540. The van der Waals surface area contributed by atoms with Crippen molar-refractivity contribution in [2.75, 3.05) is 19.8 Å². The molecule has 0 aromatic heterocycles. The average Bonchev–Trinajstić information content (AvgIpc) is 3.00. The van der Waals surface area contributed by atoms with Gasteiger partial charge in [-0.3, -0.25) is 9.59 Å². The van der Waals surface area contributed by atoms with E-state index in [1.165, 1.54) is 24.3 Å². The molecule has 1 saturated heterocycles. The number of terminal acetylenes is 1. The highest BCUT2D eigenvalue weighted by Crippen LogP contribution is 2.23. The summed E-state index contributed by atoms with van der Waals surface area (Å²) in [6.45, 7) is 0.266. The molecule has 134 valence electrons. The van der Waals surface area contributed by atoms with Gasteiger partial charge in [-0.05, 0) is 24.6 Å². The number of nitrogens with one attached hydrogen (secondary N) is 2. The first-order valence-electron chi connectivity index (χ1n) is 7.43. The monoisotopic (exact) mass is 366 g/mol. The van der Waals surface area contributed by atoms with Gasteiger partial charge in [0.2, 0.25) is 10.0 Å². The summed E-state index contributed by atoms with van der Waals surface area (Å²) in [4.78, 5) is 23.4. The fourth-order valence-corrected chi connectivity index (χ4v) is 3.50. The van der Waals surface area contributed by atoms with Gasteiger partial charge >= 0.3 is 5.97 Å². The summed E-state index contributed by atoms with van der Waals surface area (Å²) in [7, 11) is -3.83. The fourth-order valence-electron chi connectivity index (χ4n) is 2.52. The van der Waals surface area contributed by atoms with E-state index >= 15 is 0 Å². The van der Waals surface area contributed by atoms with Crippen molar-refractivity contribution < 1.29 is 27.9 Å². The summed E-state index contributed by atoms with van der Waals surface area (Å²) in [5.41, 5.74) is -0.903. The number of carboxylic acid groups (broad SMARTS) is 1. The molecular weight excluding hydrogens is 348 g/mol. The Morgan fingerprint density at radius 2 is 2.16 bits per heavy atom. The maximum atomic E-state index is 12.5. The van der Waals surface area contributed by atoms with Crippen molar-refractivity contribution in [1.29, 1.82) is 0 Å². The molecule has 1 atom stereocenters. The SMILES string of the molecule is C#CCNS(=O)(=O)c1cccc(C(=O)NC2(CC(=O)O)CCOC2)c1. The van der Waals surface area contributed by atoms with Gasteiger partial charge in [0.1, 0.15) is 0 Å². The van der Waals surface area contributed by atoms with E-state index in [1.807, 2.05) is 0 Å². The molecule has 1 unspecified atom stereocenters. The Morgan fingerprint density at radius 1 is 1.40 bits per heavy atom. The van der Waals surface area contributed by atoms with Gasteiger partial charge in [-0.25, -0.2) is 8.42 Å². The molecule has 1 aromatic carbocycles. The third kappa shape index (κ3) is 4.79. The zero-order chi connectivity index (χ0) is 18.5. The molecule has 1 aliphatic rings. The van der Waals surface area contributed by atoms with Crippen LogP contribution in [0.15, 0.2) is 29.2 Å². The molecule has 9 heteroatoms. The average molecular weight is 366 g/mol. The second-order valence-electron chi connectivity index (χ2n) is 5.66. The van der Waals surface area contributed by atoms with Crippen molar-refractivity contribution in [3.05, 3.63) is 29.8 Å². The Bertz CT molecular complexity index is 806. The summed E-state index contributed by atoms with van der Waals surface area (Å²) in [5, 5.41) is 11.7. The van der Waals surface area contributed by atoms with Crippen LogP contribution in [0.25, 0.3) is 0 Å². The van der Waals surface area contributed by atoms with Crippen LogP contribution >= 0.6 is 0 Å². The first-order chi connectivity index (χ1) is 11.8. The van der Waals surface area contributed by atoms with Crippen molar-refractivity contribution in [2.45, 2.75) is 23.3 Å². The lowest BCUT2D eigenvalue weighted by molar-refractivity contribution is -0.138. The molecule has 0 bridgehead atoms. The minimum absolute atomic E-state index is 0.0900. The summed E-state index contributed by atoms with van der Waals surface area (Å²) >= 11 is 0. The number of hydrogen-bond acceptors (Lipinski definition) is 5. The number of carbonyl (C=O) groups is 2. The largest absolute Gasteiger partial charge is 0.481 e. The normalized spacial score (nSPS) is 20.0. The van der Waals surface area contributed by atoms with Gasteiger partial charge in [-0.15, -0.1) is 6.42 Å². The van der Waals surface area contributed by atoms with Crippen LogP contribution in [0.2, 0.25) is 0 Å². The molecule has 8 nitrogen and oxygen atoms in total. The van der Waals surface area contributed by atoms with Crippen molar-refractivity contribution >= 4 is 21.9 Å². The number of ether oxygens (including phenoxy) is 1. The number of sulfonamides is 1. The van der Waals surface area contributed by atoms with Gasteiger partial charge in [0.15, 0.2) is 0 Å². The molecule has 0 spiro atoms. The molecule has 3 N–H and O–H groups in total. The minimum Gasteiger partial charge on any atom is -0.481 e. The molecule has 0 saturated carbocycles. The molecule has 0 aliphatic carbocycles. The first-order valence-corrected chi connectivity index (χ1v) is 8.92. The molecule has 1 aromatic rings. The van der Waals surface area contributed by atoms with Gasteiger partial charge in [-0.1, -0.05) is 12.0 Å². The van der Waals surface area contributed by atoms with Crippen LogP contribution in [-0.2, 0) is 19.6 Å². The number of hydrogen-bond donors (Lipinski definition) is 3. The lowest BCUT2D eigenvalue weighted by Gasteiger charge is -2.27. The third-order valence-electron chi connectivity index (χ3n) is 3.74. The predicted molar refractivity (Wildman–Crippen MR) is 88.3 cm³/mol. The summed E-state index contributed by atoms with van der Waals surface area (Å²) in [6.07, 6.45) is 5.13. The van der Waals surface area contributed by atoms with Crippen LogP contribution < -0.4 is 10.0 Å². The molecule has 0 radical (unpaired) electrons. The standard InChI is InChI=1S/C16H18N2O6S/c1-2-7-17-25(22,23)13-5-3-4-12(9-13)15(21)18-16(10-14(19)20)6-8-24-11-16/h1,3-5,9,17H,6-8,10-11H2,(H,18,21)(H,19,20). The maximum absolute atomic E-state index is 12.5. The zero-order valence-corrected chi connectivity index (χ0v) is 14.1. The highest BCUT2D eigenvalue weighted by Gasteiger charge is 2.38. The Morgan fingerprint density at radius 3 is 2.76 bits per heavy atom. The smallest absolute Gasteiger partial charge is 0.305 e. The van der Waals surface area contributed by atoms with Crippen molar-refractivity contribution in [3.63, 3.8) is 0 Å². The van der Waals surface area contributed by atoms with Crippen LogP contribution in [0, 0.1) is 12.3 Å². The second kappa shape index (κ2) is 7.65. The molecule has 1 aliphatic heterocycles. The summed E-state index contributed by atoms with van der Waals surface area (Å²) < 4.78 is 31.6. The van der Waals surface area contributed by atoms with E-state index in [0.29, 0.717) is 13.0 Å². The number of benzene rings is 1. The van der Waals surface area contributed by atoms with Crippen LogP contribution in [0.1, 0.15) is 23.2 Å². The van der Waals surface area contributed by atoms with E-state index < -0.39 is 27.4 Å². The number of rotatable bonds is 7. The van der Waals surface area contributed by atoms with Gasteiger partial charge in [0.05, 0.1) is 30.0 Å². The van der Waals surface area contributed by atoms with Gasteiger partial charge in [-0.2, -0.15) is 4.72 Å². The van der Waals surface area contributed by atoms with Crippen molar-refractivity contribution in [1.82, 2.24) is 10.0 Å². The molecule has 25 heavy (non-hydrogen) atoms. The Kier molecular flexibility index (Phi) is 5.79. The van der Waals surface area contributed by atoms with Crippen molar-refractivity contribution in [2.24, 2.45) is 0 Å². The van der Waals surface area contributed by atoms with Crippen LogP contribution in [0.4, 0.5) is 0 Å². The van der Waals surface area contributed by atoms with E-state index in [2.05, 4.69) is 16.0 Å². The van der Waals surface area contributed by atoms with Crippen LogP contribution in [0.5, 0.6) is 0 Å². The quantitative estimate of drug-likeness (QED) is 0.582. The lowest BCUT2D eigenvalue weighted by atomic mass is 9.94. The Labute approximate surface area is 145 Å². The zero-order valence-electron chi connectivity index (χ0n) is 13.3. The highest BCUT2D eigenvalue weighted by atomic mass is 32.2. The number of aliphatic carboxylic acids is 1. The minimum atomic E-state index is -3.83. The third-order valence-corrected chi connectivity index (χ3v) is 5.14. The number of carboxylic acids is 1. The number of carbonyl (C=O) groups excluding carboxylic acids is 1. The highest BCUT2D eigenvalue weighted by molar-refractivity contribution is 7.89. The van der Waals surface area contributed by atoms with Crippen LogP contribution in [0.3, 0.4) is 0 Å². The fraction of sp³-hybridized carbons (Fsp3) is 0.375. The van der Waals surface area contributed by atoms with Gasteiger partial charge in [0.25, 0.3) is 5.91 Å². The molecule has 2 rings (SSSR count). The molecule has 1 amide bonds. The summed E-state index contributed by atoms with van der Waals surface area (Å²) in [6, 6.07) is 5.41. The first kappa shape index (κ1) is 18.9. The Balaban J connectivity index is 2.21. The van der Waals surface area contributed by atoms with E-state index in [1.54, 1.807) is 0 Å². The topological polar surface area (TPSA) is 122 Å². The maximum Gasteiger partial charge on any atom is 0.305 e. The van der Waals surface area contributed by atoms with Gasteiger partial charge < -0.3 is 15.2 Å². The predicted octanol–water partition coefficient (Wildman–Crippen LogP) is -0.0383. The molecular formula is C16H18N2O6S. The van der Waals surface area contributed by atoms with E-state index in [-0.39, 0.29) is 30.0 Å². The second-order valence-corrected chi connectivity index (χ2v) is 7.43.